The lowest BCUT2D eigenvalue weighted by Gasteiger charge is -2.27. The van der Waals surface area contributed by atoms with Gasteiger partial charge < -0.3 is 0 Å². The highest BCUT2D eigenvalue weighted by Crippen LogP contribution is 2.33. The third-order valence-electron chi connectivity index (χ3n) is 4.18. The van der Waals surface area contributed by atoms with Gasteiger partial charge in [-0.1, -0.05) is 30.3 Å². The van der Waals surface area contributed by atoms with Crippen LogP contribution in [0.1, 0.15) is 37.7 Å². The fourth-order valence-electron chi connectivity index (χ4n) is 3.30. The molecule has 2 aliphatic heterocycles. The van der Waals surface area contributed by atoms with Crippen molar-refractivity contribution in [2.75, 3.05) is 0 Å². The summed E-state index contributed by atoms with van der Waals surface area (Å²) in [6.45, 7) is 0.946. The van der Waals surface area contributed by atoms with Crippen LogP contribution in [0.3, 0.4) is 0 Å². The number of carbonyl (C=O) groups is 1. The van der Waals surface area contributed by atoms with Crippen molar-refractivity contribution in [3.05, 3.63) is 35.9 Å². The molecule has 17 heavy (non-hydrogen) atoms. The van der Waals surface area contributed by atoms with Crippen molar-refractivity contribution in [2.24, 2.45) is 0 Å². The first-order chi connectivity index (χ1) is 8.34. The smallest absolute Gasteiger partial charge is 0.149 e. The third-order valence-corrected chi connectivity index (χ3v) is 4.18. The molecule has 2 heteroatoms. The Morgan fingerprint density at radius 3 is 2.76 bits per heavy atom. The molecule has 0 saturated carbocycles. The average molecular weight is 229 g/mol. The highest BCUT2D eigenvalue weighted by molar-refractivity contribution is 5.84. The molecule has 2 aliphatic rings. The minimum absolute atomic E-state index is 0.211. The SMILES string of the molecule is O=C1CCC[C@H]2CCC1N2Cc1ccccc1. The molecule has 3 rings (SSSR count). The van der Waals surface area contributed by atoms with E-state index in [4.69, 9.17) is 0 Å². The van der Waals surface area contributed by atoms with Gasteiger partial charge in [0.05, 0.1) is 6.04 Å². The predicted molar refractivity (Wildman–Crippen MR) is 67.7 cm³/mol. The van der Waals surface area contributed by atoms with Gasteiger partial charge in [0.1, 0.15) is 5.78 Å². The minimum atomic E-state index is 0.211. The van der Waals surface area contributed by atoms with Gasteiger partial charge in [0.15, 0.2) is 0 Å². The topological polar surface area (TPSA) is 20.3 Å². The van der Waals surface area contributed by atoms with Crippen LogP contribution in [0.15, 0.2) is 30.3 Å². The van der Waals surface area contributed by atoms with Crippen molar-refractivity contribution < 1.29 is 4.79 Å². The van der Waals surface area contributed by atoms with Crippen molar-refractivity contribution in [3.63, 3.8) is 0 Å². The summed E-state index contributed by atoms with van der Waals surface area (Å²) in [5.41, 5.74) is 1.33. The Hall–Kier alpha value is -1.15. The molecule has 2 bridgehead atoms. The summed E-state index contributed by atoms with van der Waals surface area (Å²) in [6, 6.07) is 11.4. The maximum absolute atomic E-state index is 12.0. The van der Waals surface area contributed by atoms with E-state index in [1.807, 2.05) is 6.07 Å². The van der Waals surface area contributed by atoms with Crippen LogP contribution in [-0.4, -0.2) is 22.8 Å². The van der Waals surface area contributed by atoms with Gasteiger partial charge in [-0.25, -0.2) is 0 Å². The van der Waals surface area contributed by atoms with Gasteiger partial charge in [-0.3, -0.25) is 9.69 Å². The summed E-state index contributed by atoms with van der Waals surface area (Å²) in [6.07, 6.45) is 5.38. The maximum Gasteiger partial charge on any atom is 0.149 e. The number of ketones is 1. The Morgan fingerprint density at radius 1 is 1.12 bits per heavy atom. The molecule has 2 nitrogen and oxygen atoms in total. The third kappa shape index (κ3) is 2.14. The zero-order valence-electron chi connectivity index (χ0n) is 10.1. The zero-order chi connectivity index (χ0) is 11.7. The quantitative estimate of drug-likeness (QED) is 0.777. The highest BCUT2D eigenvalue weighted by atomic mass is 16.1. The van der Waals surface area contributed by atoms with E-state index in [0.29, 0.717) is 11.8 Å². The van der Waals surface area contributed by atoms with Gasteiger partial charge in [0, 0.05) is 19.0 Å². The van der Waals surface area contributed by atoms with Crippen LogP contribution < -0.4 is 0 Å². The molecule has 0 aromatic heterocycles. The lowest BCUT2D eigenvalue weighted by molar-refractivity contribution is -0.123. The van der Waals surface area contributed by atoms with Crippen molar-refractivity contribution in [2.45, 2.75) is 50.7 Å². The van der Waals surface area contributed by atoms with Crippen LogP contribution in [-0.2, 0) is 11.3 Å². The van der Waals surface area contributed by atoms with E-state index in [-0.39, 0.29) is 6.04 Å². The number of benzene rings is 1. The van der Waals surface area contributed by atoms with Gasteiger partial charge in [0.25, 0.3) is 0 Å². The number of hydrogen-bond donors (Lipinski definition) is 0. The van der Waals surface area contributed by atoms with Crippen molar-refractivity contribution in [1.29, 1.82) is 0 Å². The lowest BCUT2D eigenvalue weighted by atomic mass is 10.0. The molecule has 2 atom stereocenters. The van der Waals surface area contributed by atoms with Crippen molar-refractivity contribution >= 4 is 5.78 Å². The number of hydrogen-bond acceptors (Lipinski definition) is 2. The van der Waals surface area contributed by atoms with E-state index < -0.39 is 0 Å². The second-order valence-corrected chi connectivity index (χ2v) is 5.26. The Labute approximate surface area is 103 Å². The number of Topliss-reactive ketones (excluding diaryl/α,β-unsaturated/α-hetero) is 1. The second-order valence-electron chi connectivity index (χ2n) is 5.26. The second kappa shape index (κ2) is 4.61. The maximum atomic E-state index is 12.0. The first kappa shape index (κ1) is 11.0. The monoisotopic (exact) mass is 229 g/mol. The molecule has 1 aromatic rings. The van der Waals surface area contributed by atoms with Gasteiger partial charge in [-0.15, -0.1) is 0 Å². The summed E-state index contributed by atoms with van der Waals surface area (Å²) in [5.74, 6) is 0.473. The first-order valence-electron chi connectivity index (χ1n) is 6.67. The zero-order valence-corrected chi connectivity index (χ0v) is 10.1. The van der Waals surface area contributed by atoms with Gasteiger partial charge in [0.2, 0.25) is 0 Å². The summed E-state index contributed by atoms with van der Waals surface area (Å²) in [7, 11) is 0. The molecule has 0 radical (unpaired) electrons. The highest BCUT2D eigenvalue weighted by Gasteiger charge is 2.38. The molecule has 0 spiro atoms. The number of nitrogens with zero attached hydrogens (tertiary/aromatic N) is 1. The Bertz CT molecular complexity index is 401. The molecule has 2 heterocycles. The van der Waals surface area contributed by atoms with E-state index in [1.54, 1.807) is 0 Å². The van der Waals surface area contributed by atoms with E-state index in [9.17, 15) is 4.79 Å². The molecule has 2 fully saturated rings. The number of fused-ring (bicyclic) bond motifs is 2. The predicted octanol–water partition coefficient (Wildman–Crippen LogP) is 2.77. The summed E-state index contributed by atoms with van der Waals surface area (Å²) < 4.78 is 0. The molecular formula is C15H19NO. The van der Waals surface area contributed by atoms with Gasteiger partial charge >= 0.3 is 0 Å². The van der Waals surface area contributed by atoms with Crippen LogP contribution in [0.5, 0.6) is 0 Å². The minimum Gasteiger partial charge on any atom is -0.298 e. The Morgan fingerprint density at radius 2 is 1.94 bits per heavy atom. The van der Waals surface area contributed by atoms with Crippen LogP contribution in [0, 0.1) is 0 Å². The van der Waals surface area contributed by atoms with E-state index in [2.05, 4.69) is 29.2 Å². The van der Waals surface area contributed by atoms with E-state index >= 15 is 0 Å². The number of carbonyl (C=O) groups excluding carboxylic acids is 1. The molecule has 2 saturated heterocycles. The normalized spacial score (nSPS) is 29.3. The van der Waals surface area contributed by atoms with E-state index in [0.717, 1.165) is 25.8 Å². The average Bonchev–Trinajstić information content (AvgIpc) is 2.66. The Kier molecular flexibility index (Phi) is 2.98. The van der Waals surface area contributed by atoms with Crippen LogP contribution in [0.25, 0.3) is 0 Å². The largest absolute Gasteiger partial charge is 0.298 e. The standard InChI is InChI=1S/C15H19NO/c17-15-8-4-7-13-9-10-14(15)16(13)11-12-5-2-1-3-6-12/h1-3,5-6,13-14H,4,7-11H2/t13-,14?/m0/s1. The molecule has 1 unspecified atom stereocenters. The molecule has 0 amide bonds. The fourth-order valence-corrected chi connectivity index (χ4v) is 3.30. The fraction of sp³-hybridized carbons (Fsp3) is 0.533. The van der Waals surface area contributed by atoms with Crippen LogP contribution >= 0.6 is 0 Å². The van der Waals surface area contributed by atoms with Crippen LogP contribution in [0.4, 0.5) is 0 Å². The summed E-state index contributed by atoms with van der Waals surface area (Å²) in [5, 5.41) is 0. The molecule has 1 aromatic carbocycles. The molecule has 0 N–H and O–H groups in total. The molecule has 0 aliphatic carbocycles. The van der Waals surface area contributed by atoms with Crippen molar-refractivity contribution in [3.8, 4) is 0 Å². The van der Waals surface area contributed by atoms with Gasteiger partial charge in [-0.05, 0) is 31.2 Å². The molecular weight excluding hydrogens is 210 g/mol. The number of rotatable bonds is 2. The lowest BCUT2D eigenvalue weighted by Crippen LogP contribution is -2.38. The molecule has 90 valence electrons. The first-order valence-corrected chi connectivity index (χ1v) is 6.67. The van der Waals surface area contributed by atoms with Gasteiger partial charge in [-0.2, -0.15) is 0 Å². The summed E-state index contributed by atoms with van der Waals surface area (Å²) in [4.78, 5) is 14.5. The summed E-state index contributed by atoms with van der Waals surface area (Å²) >= 11 is 0. The van der Waals surface area contributed by atoms with Crippen molar-refractivity contribution in [1.82, 2.24) is 4.90 Å². The van der Waals surface area contributed by atoms with Crippen LogP contribution in [0.2, 0.25) is 0 Å². The van der Waals surface area contributed by atoms with E-state index in [1.165, 1.54) is 18.4 Å². The Balaban J connectivity index is 1.80.